The minimum absolute atomic E-state index is 0.437. The fourth-order valence-corrected chi connectivity index (χ4v) is 3.01. The van der Waals surface area contributed by atoms with Gasteiger partial charge < -0.3 is 9.84 Å². The normalized spacial score (nSPS) is 12.4. The van der Waals surface area contributed by atoms with E-state index in [4.69, 9.17) is 4.74 Å². The Morgan fingerprint density at radius 2 is 2.00 bits per heavy atom. The van der Waals surface area contributed by atoms with Crippen LogP contribution in [0.3, 0.4) is 0 Å². The van der Waals surface area contributed by atoms with E-state index in [2.05, 4.69) is 17.1 Å². The first-order chi connectivity index (χ1) is 11.7. The number of aliphatic hydroxyl groups excluding tert-OH is 1. The van der Waals surface area contributed by atoms with E-state index < -0.39 is 6.10 Å². The summed E-state index contributed by atoms with van der Waals surface area (Å²) in [5.74, 6) is 0.789. The quantitative estimate of drug-likeness (QED) is 0.703. The van der Waals surface area contributed by atoms with Crippen molar-refractivity contribution in [2.24, 2.45) is 0 Å². The zero-order valence-electron chi connectivity index (χ0n) is 13.4. The average Bonchev–Trinajstić information content (AvgIpc) is 3.08. The van der Waals surface area contributed by atoms with Gasteiger partial charge in [0.25, 0.3) is 0 Å². The van der Waals surface area contributed by atoms with E-state index in [0.29, 0.717) is 6.61 Å². The Labute approximate surface area is 145 Å². The van der Waals surface area contributed by atoms with Crippen LogP contribution in [0.5, 0.6) is 5.75 Å². The van der Waals surface area contributed by atoms with Crippen molar-refractivity contribution in [2.45, 2.75) is 19.6 Å². The van der Waals surface area contributed by atoms with Crippen LogP contribution in [0, 0.1) is 0 Å². The van der Waals surface area contributed by atoms with Crippen molar-refractivity contribution in [1.82, 2.24) is 4.98 Å². The largest absolute Gasteiger partial charge is 0.487 e. The van der Waals surface area contributed by atoms with Gasteiger partial charge in [-0.25, -0.2) is 4.98 Å². The maximum absolute atomic E-state index is 9.31. The summed E-state index contributed by atoms with van der Waals surface area (Å²) >= 11 is 1.62. The van der Waals surface area contributed by atoms with E-state index >= 15 is 0 Å². The van der Waals surface area contributed by atoms with Crippen molar-refractivity contribution in [3.8, 4) is 16.3 Å². The van der Waals surface area contributed by atoms with Crippen LogP contribution in [0.1, 0.15) is 18.2 Å². The molecule has 0 saturated heterocycles. The van der Waals surface area contributed by atoms with E-state index in [1.165, 1.54) is 0 Å². The van der Waals surface area contributed by atoms with Crippen molar-refractivity contribution < 1.29 is 9.84 Å². The van der Waals surface area contributed by atoms with E-state index in [1.54, 1.807) is 24.3 Å². The number of benzene rings is 2. The van der Waals surface area contributed by atoms with Gasteiger partial charge in [0.1, 0.15) is 17.4 Å². The van der Waals surface area contributed by atoms with Crippen molar-refractivity contribution in [2.75, 3.05) is 0 Å². The van der Waals surface area contributed by atoms with E-state index in [1.807, 2.05) is 53.9 Å². The fraction of sp³-hybridized carbons (Fsp3) is 0.150. The van der Waals surface area contributed by atoms with Crippen LogP contribution in [0.25, 0.3) is 16.6 Å². The second kappa shape index (κ2) is 7.90. The summed E-state index contributed by atoms with van der Waals surface area (Å²) in [7, 11) is 0. The Morgan fingerprint density at radius 3 is 2.79 bits per heavy atom. The van der Waals surface area contributed by atoms with Crippen LogP contribution in [0.2, 0.25) is 0 Å². The molecule has 24 heavy (non-hydrogen) atoms. The third-order valence-corrected chi connectivity index (χ3v) is 4.32. The summed E-state index contributed by atoms with van der Waals surface area (Å²) in [6, 6.07) is 17.9. The first-order valence-corrected chi connectivity index (χ1v) is 8.67. The molecule has 3 aromatic rings. The minimum atomic E-state index is -0.457. The molecule has 122 valence electrons. The number of aromatic nitrogens is 1. The molecule has 0 spiro atoms. The molecule has 3 nitrogen and oxygen atoms in total. The molecule has 0 bridgehead atoms. The molecule has 0 fully saturated rings. The topological polar surface area (TPSA) is 42.4 Å². The molecular weight excluding hydrogens is 318 g/mol. The summed E-state index contributed by atoms with van der Waals surface area (Å²) < 4.78 is 5.84. The number of thiazole rings is 1. The van der Waals surface area contributed by atoms with Gasteiger partial charge >= 0.3 is 0 Å². The van der Waals surface area contributed by atoms with Gasteiger partial charge in [0, 0.05) is 10.9 Å². The van der Waals surface area contributed by atoms with Crippen LogP contribution in [-0.2, 0) is 6.61 Å². The lowest BCUT2D eigenvalue weighted by Crippen LogP contribution is -1.96. The summed E-state index contributed by atoms with van der Waals surface area (Å²) in [6.07, 6.45) is 3.17. The van der Waals surface area contributed by atoms with Crippen LogP contribution >= 0.6 is 11.3 Å². The SMILES string of the molecule is CC(O)/C=C/c1cccc(OCc2csc(-c3ccccc3)n2)c1. The van der Waals surface area contributed by atoms with Crippen LogP contribution in [0.15, 0.2) is 66.1 Å². The highest BCUT2D eigenvalue weighted by Crippen LogP contribution is 2.24. The van der Waals surface area contributed by atoms with Crippen LogP contribution < -0.4 is 4.74 Å². The van der Waals surface area contributed by atoms with Crippen molar-refractivity contribution in [3.63, 3.8) is 0 Å². The van der Waals surface area contributed by atoms with E-state index in [9.17, 15) is 5.11 Å². The van der Waals surface area contributed by atoms with Gasteiger partial charge in [0.2, 0.25) is 0 Å². The van der Waals surface area contributed by atoms with Gasteiger partial charge in [-0.15, -0.1) is 11.3 Å². The molecule has 4 heteroatoms. The molecule has 1 heterocycles. The minimum Gasteiger partial charge on any atom is -0.487 e. The highest BCUT2D eigenvalue weighted by molar-refractivity contribution is 7.13. The standard InChI is InChI=1S/C20H19NO2S/c1-15(22)10-11-16-6-5-9-19(12-16)23-13-18-14-24-20(21-18)17-7-3-2-4-8-17/h2-12,14-15,22H,13H2,1H3/b11-10+. The molecule has 0 saturated carbocycles. The zero-order valence-corrected chi connectivity index (χ0v) is 14.2. The second-order valence-corrected chi connectivity index (χ2v) is 6.33. The van der Waals surface area contributed by atoms with E-state index in [-0.39, 0.29) is 0 Å². The van der Waals surface area contributed by atoms with E-state index in [0.717, 1.165) is 27.6 Å². The first kappa shape index (κ1) is 16.4. The van der Waals surface area contributed by atoms with Crippen LogP contribution in [-0.4, -0.2) is 16.2 Å². The van der Waals surface area contributed by atoms with Crippen molar-refractivity contribution in [3.05, 3.63) is 77.3 Å². The lowest BCUT2D eigenvalue weighted by atomic mass is 10.2. The monoisotopic (exact) mass is 337 g/mol. The fourth-order valence-electron chi connectivity index (χ4n) is 2.20. The molecule has 1 unspecified atom stereocenters. The summed E-state index contributed by atoms with van der Waals surface area (Å²) in [6.45, 7) is 2.16. The Balaban J connectivity index is 1.64. The highest BCUT2D eigenvalue weighted by atomic mass is 32.1. The third-order valence-electron chi connectivity index (χ3n) is 3.38. The first-order valence-electron chi connectivity index (χ1n) is 7.80. The molecule has 0 aliphatic heterocycles. The smallest absolute Gasteiger partial charge is 0.131 e. The number of aliphatic hydroxyl groups is 1. The molecule has 1 atom stereocenters. The van der Waals surface area contributed by atoms with Gasteiger partial charge in [0.15, 0.2) is 0 Å². The molecule has 2 aromatic carbocycles. The average molecular weight is 337 g/mol. The number of rotatable bonds is 6. The Hall–Kier alpha value is -2.43. The van der Waals surface area contributed by atoms with Gasteiger partial charge in [0.05, 0.1) is 11.8 Å². The van der Waals surface area contributed by atoms with Gasteiger partial charge in [-0.05, 0) is 24.6 Å². The molecular formula is C20H19NO2S. The maximum atomic E-state index is 9.31. The maximum Gasteiger partial charge on any atom is 0.131 e. The lowest BCUT2D eigenvalue weighted by Gasteiger charge is -2.05. The second-order valence-electron chi connectivity index (χ2n) is 5.47. The van der Waals surface area contributed by atoms with Crippen LogP contribution in [0.4, 0.5) is 0 Å². The molecule has 0 amide bonds. The zero-order chi connectivity index (χ0) is 16.8. The summed E-state index contributed by atoms with van der Waals surface area (Å²) in [4.78, 5) is 4.62. The molecule has 3 rings (SSSR count). The predicted molar refractivity (Wildman–Crippen MR) is 99.0 cm³/mol. The van der Waals surface area contributed by atoms with Gasteiger partial charge in [-0.3, -0.25) is 0 Å². The number of hydrogen-bond donors (Lipinski definition) is 1. The predicted octanol–water partition coefficient (Wildman–Crippen LogP) is 4.78. The number of hydrogen-bond acceptors (Lipinski definition) is 4. The third kappa shape index (κ3) is 4.54. The van der Waals surface area contributed by atoms with Gasteiger partial charge in [-0.1, -0.05) is 54.6 Å². The summed E-state index contributed by atoms with van der Waals surface area (Å²) in [5.41, 5.74) is 3.04. The Kier molecular flexibility index (Phi) is 5.41. The number of ether oxygens (including phenoxy) is 1. The number of nitrogens with zero attached hydrogens (tertiary/aromatic N) is 1. The highest BCUT2D eigenvalue weighted by Gasteiger charge is 2.05. The molecule has 0 aliphatic rings. The molecule has 0 radical (unpaired) electrons. The Morgan fingerprint density at radius 1 is 1.17 bits per heavy atom. The Bertz CT molecular complexity index is 809. The summed E-state index contributed by atoms with van der Waals surface area (Å²) in [5, 5.41) is 12.3. The molecule has 0 aliphatic carbocycles. The van der Waals surface area contributed by atoms with Gasteiger partial charge in [-0.2, -0.15) is 0 Å². The lowest BCUT2D eigenvalue weighted by molar-refractivity contribution is 0.245. The van der Waals surface area contributed by atoms with Crippen molar-refractivity contribution in [1.29, 1.82) is 0 Å². The molecule has 1 aromatic heterocycles. The van der Waals surface area contributed by atoms with Crippen molar-refractivity contribution >= 4 is 17.4 Å². The molecule has 1 N–H and O–H groups in total.